The first-order valence-electron chi connectivity index (χ1n) is 15.0. The molecule has 0 spiro atoms. The van der Waals surface area contributed by atoms with Gasteiger partial charge >= 0.3 is 0 Å². The monoisotopic (exact) mass is 480 g/mol. The summed E-state index contributed by atoms with van der Waals surface area (Å²) in [6.07, 6.45) is 14.8. The van der Waals surface area contributed by atoms with Crippen LogP contribution in [0.25, 0.3) is 5.57 Å². The lowest BCUT2D eigenvalue weighted by atomic mass is 9.56. The largest absolute Gasteiger partial charge is 0.507 e. The molecular formula is C34H56O. The number of phenols is 1. The van der Waals surface area contributed by atoms with Crippen LogP contribution in [0.4, 0.5) is 0 Å². The summed E-state index contributed by atoms with van der Waals surface area (Å²) in [5, 5.41) is 12.1. The third-order valence-corrected chi connectivity index (χ3v) is 8.70. The van der Waals surface area contributed by atoms with Crippen LogP contribution in [0.2, 0.25) is 0 Å². The van der Waals surface area contributed by atoms with E-state index in [1.807, 2.05) is 0 Å². The minimum Gasteiger partial charge on any atom is -0.507 e. The molecule has 0 aliphatic heterocycles. The molecule has 0 heterocycles. The standard InChI is InChI=1S/C34H56O/c1-11-15-19-24(5)29-26(21-17-13-3)30(33(6,7)8)32(35)31-27(29)23-25(20-16-12-2)28(22-18-14-4)34(31,9)10/h25,28,35H,11-23H2,1-4,6-10H3. The van der Waals surface area contributed by atoms with Crippen molar-refractivity contribution in [2.24, 2.45) is 11.8 Å². The number of allylic oxidation sites excluding steroid dienone is 1. The second-order valence-electron chi connectivity index (χ2n) is 12.9. The van der Waals surface area contributed by atoms with Gasteiger partial charge in [0, 0.05) is 11.1 Å². The van der Waals surface area contributed by atoms with Gasteiger partial charge in [-0.25, -0.2) is 0 Å². The van der Waals surface area contributed by atoms with Crippen LogP contribution in [0.1, 0.15) is 161 Å². The van der Waals surface area contributed by atoms with Crippen molar-refractivity contribution in [2.75, 3.05) is 0 Å². The summed E-state index contributed by atoms with van der Waals surface area (Å²) in [5.74, 6) is 1.78. The fourth-order valence-electron chi connectivity index (χ4n) is 6.96. The van der Waals surface area contributed by atoms with Crippen LogP contribution in [-0.4, -0.2) is 5.11 Å². The Morgan fingerprint density at radius 2 is 1.49 bits per heavy atom. The summed E-state index contributed by atoms with van der Waals surface area (Å²) in [7, 11) is 0. The van der Waals surface area contributed by atoms with Crippen molar-refractivity contribution in [1.82, 2.24) is 0 Å². The number of unbranched alkanes of at least 4 members (excludes halogenated alkanes) is 4. The van der Waals surface area contributed by atoms with Crippen molar-refractivity contribution in [3.05, 3.63) is 34.4 Å². The lowest BCUT2D eigenvalue weighted by Gasteiger charge is -2.48. The van der Waals surface area contributed by atoms with Gasteiger partial charge < -0.3 is 5.11 Å². The minimum atomic E-state index is -0.157. The lowest BCUT2D eigenvalue weighted by molar-refractivity contribution is 0.158. The summed E-state index contributed by atoms with van der Waals surface area (Å²) in [4.78, 5) is 0. The Morgan fingerprint density at radius 3 is 2.03 bits per heavy atom. The van der Waals surface area contributed by atoms with Gasteiger partial charge in [-0.05, 0) is 96.5 Å². The average molecular weight is 481 g/mol. The van der Waals surface area contributed by atoms with E-state index in [1.54, 1.807) is 0 Å². The summed E-state index contributed by atoms with van der Waals surface area (Å²) in [5.41, 5.74) is 6.73. The molecule has 1 aliphatic carbocycles. The molecular weight excluding hydrogens is 424 g/mol. The Bertz CT molecular complexity index is 835. The Morgan fingerprint density at radius 1 is 0.914 bits per heavy atom. The molecule has 1 N–H and O–H groups in total. The van der Waals surface area contributed by atoms with Crippen molar-refractivity contribution in [3.8, 4) is 5.75 Å². The molecule has 2 unspecified atom stereocenters. The molecule has 0 bridgehead atoms. The molecule has 1 aliphatic rings. The van der Waals surface area contributed by atoms with Crippen LogP contribution in [0.15, 0.2) is 0 Å². The van der Waals surface area contributed by atoms with Crippen LogP contribution in [0, 0.1) is 18.4 Å². The van der Waals surface area contributed by atoms with E-state index in [4.69, 9.17) is 0 Å². The fraction of sp³-hybridized carbons (Fsp3) is 0.765. The van der Waals surface area contributed by atoms with Crippen LogP contribution < -0.4 is 0 Å². The second kappa shape index (κ2) is 12.8. The SMILES string of the molecule is [C]=C(CCCC)c1c(CCCC)c(C(C)(C)C)c(O)c2c1CC(CCCC)C(CCCC)C2(C)C. The molecule has 1 aromatic carbocycles. The lowest BCUT2D eigenvalue weighted by Crippen LogP contribution is -2.41. The molecule has 1 heteroatoms. The van der Waals surface area contributed by atoms with Crippen molar-refractivity contribution < 1.29 is 5.11 Å². The van der Waals surface area contributed by atoms with Crippen LogP contribution >= 0.6 is 0 Å². The van der Waals surface area contributed by atoms with Crippen LogP contribution in [-0.2, 0) is 23.7 Å². The predicted octanol–water partition coefficient (Wildman–Crippen LogP) is 10.4. The van der Waals surface area contributed by atoms with Crippen molar-refractivity contribution in [2.45, 2.75) is 157 Å². The third-order valence-electron chi connectivity index (χ3n) is 8.70. The quantitative estimate of drug-likeness (QED) is 0.297. The van der Waals surface area contributed by atoms with Crippen molar-refractivity contribution in [1.29, 1.82) is 0 Å². The van der Waals surface area contributed by atoms with Gasteiger partial charge in [-0.2, -0.15) is 0 Å². The van der Waals surface area contributed by atoms with Crippen molar-refractivity contribution in [3.63, 3.8) is 0 Å². The van der Waals surface area contributed by atoms with E-state index in [1.165, 1.54) is 60.8 Å². The first-order valence-corrected chi connectivity index (χ1v) is 15.0. The van der Waals surface area contributed by atoms with Crippen LogP contribution in [0.3, 0.4) is 0 Å². The first kappa shape index (κ1) is 30.0. The van der Waals surface area contributed by atoms with E-state index in [2.05, 4.69) is 62.3 Å². The number of hydrogen-bond acceptors (Lipinski definition) is 1. The molecule has 1 aromatic rings. The number of aromatic hydroxyl groups is 1. The number of phenolic OH excluding ortho intramolecular Hbond substituents is 1. The number of benzene rings is 1. The molecule has 35 heavy (non-hydrogen) atoms. The van der Waals surface area contributed by atoms with Gasteiger partial charge in [0.15, 0.2) is 0 Å². The molecule has 0 aromatic heterocycles. The molecule has 0 fully saturated rings. The van der Waals surface area contributed by atoms with E-state index in [-0.39, 0.29) is 10.8 Å². The summed E-state index contributed by atoms with van der Waals surface area (Å²) in [6.45, 7) is 30.0. The third kappa shape index (κ3) is 6.56. The zero-order chi connectivity index (χ0) is 26.4. The smallest absolute Gasteiger partial charge is 0.123 e. The highest BCUT2D eigenvalue weighted by molar-refractivity contribution is 5.75. The number of hydrogen-bond donors (Lipinski definition) is 1. The number of fused-ring (bicyclic) bond motifs is 1. The molecule has 0 saturated heterocycles. The molecule has 0 amide bonds. The zero-order valence-electron chi connectivity index (χ0n) is 24.8. The zero-order valence-corrected chi connectivity index (χ0v) is 24.8. The van der Waals surface area contributed by atoms with Gasteiger partial charge in [0.05, 0.1) is 0 Å². The van der Waals surface area contributed by atoms with Gasteiger partial charge in [-0.15, -0.1) is 0 Å². The number of rotatable bonds is 13. The topological polar surface area (TPSA) is 20.2 Å². The molecule has 0 saturated carbocycles. The normalized spacial score (nSPS) is 19.6. The van der Waals surface area contributed by atoms with E-state index >= 15 is 0 Å². The van der Waals surface area contributed by atoms with Gasteiger partial charge in [0.2, 0.25) is 0 Å². The Balaban J connectivity index is 2.91. The Hall–Kier alpha value is -1.24. The van der Waals surface area contributed by atoms with Gasteiger partial charge in [-0.3, -0.25) is 0 Å². The minimum absolute atomic E-state index is 0.0890. The Labute approximate surface area is 219 Å². The van der Waals surface area contributed by atoms with E-state index in [9.17, 15) is 11.7 Å². The highest BCUT2D eigenvalue weighted by Crippen LogP contribution is 2.56. The molecule has 2 rings (SSSR count). The maximum atomic E-state index is 12.1. The van der Waals surface area contributed by atoms with E-state index in [0.29, 0.717) is 17.6 Å². The van der Waals surface area contributed by atoms with Crippen LogP contribution in [0.5, 0.6) is 5.75 Å². The summed E-state index contributed by atoms with van der Waals surface area (Å²) in [6, 6.07) is 0. The summed E-state index contributed by atoms with van der Waals surface area (Å²) < 4.78 is 0. The second-order valence-corrected chi connectivity index (χ2v) is 12.9. The summed E-state index contributed by atoms with van der Waals surface area (Å²) >= 11 is 0. The average Bonchev–Trinajstić information content (AvgIpc) is 2.77. The van der Waals surface area contributed by atoms with E-state index < -0.39 is 0 Å². The first-order chi connectivity index (χ1) is 16.5. The van der Waals surface area contributed by atoms with Crippen molar-refractivity contribution >= 4 is 5.57 Å². The predicted molar refractivity (Wildman–Crippen MR) is 154 cm³/mol. The highest BCUT2D eigenvalue weighted by atomic mass is 16.3. The van der Waals surface area contributed by atoms with E-state index in [0.717, 1.165) is 56.1 Å². The maximum Gasteiger partial charge on any atom is 0.123 e. The van der Waals surface area contributed by atoms with Gasteiger partial charge in [0.1, 0.15) is 5.75 Å². The highest BCUT2D eigenvalue weighted by Gasteiger charge is 2.46. The molecule has 2 atom stereocenters. The molecule has 2 radical (unpaired) electrons. The maximum absolute atomic E-state index is 12.1. The van der Waals surface area contributed by atoms with Gasteiger partial charge in [-0.1, -0.05) is 101 Å². The fourth-order valence-corrected chi connectivity index (χ4v) is 6.96. The van der Waals surface area contributed by atoms with Gasteiger partial charge in [0.25, 0.3) is 0 Å². The molecule has 198 valence electrons. The Kier molecular flexibility index (Phi) is 11.0. The molecule has 1 nitrogen and oxygen atoms in total.